The van der Waals surface area contributed by atoms with Crippen molar-refractivity contribution in [2.24, 2.45) is 5.41 Å². The molecule has 5 rings (SSSR count). The Balaban J connectivity index is 1.41. The van der Waals surface area contributed by atoms with Crippen molar-refractivity contribution in [2.75, 3.05) is 31.2 Å². The predicted molar refractivity (Wildman–Crippen MR) is 130 cm³/mol. The topological polar surface area (TPSA) is 63.4 Å². The number of aryl methyl sites for hydroxylation is 1. The number of ether oxygens (including phenoxy) is 2. The Morgan fingerprint density at radius 2 is 1.79 bits per heavy atom. The summed E-state index contributed by atoms with van der Waals surface area (Å²) in [5.41, 5.74) is 1.23. The lowest BCUT2D eigenvalue weighted by atomic mass is 9.78. The number of anilines is 1. The van der Waals surface area contributed by atoms with Gasteiger partial charge in [-0.15, -0.1) is 0 Å². The smallest absolute Gasteiger partial charge is 0.147 e. The number of nitrogens with zero attached hydrogens (tertiary/aromatic N) is 3. The molecular weight excluding hydrogens is 459 g/mol. The van der Waals surface area contributed by atoms with Gasteiger partial charge in [0.1, 0.15) is 33.7 Å². The lowest BCUT2D eigenvalue weighted by molar-refractivity contribution is 0.133. The van der Waals surface area contributed by atoms with Crippen molar-refractivity contribution in [3.8, 4) is 17.2 Å². The van der Waals surface area contributed by atoms with Crippen LogP contribution in [0.3, 0.4) is 0 Å². The van der Waals surface area contributed by atoms with Gasteiger partial charge in [-0.25, -0.2) is 4.98 Å². The van der Waals surface area contributed by atoms with Crippen molar-refractivity contribution in [3.05, 3.63) is 69.9 Å². The minimum Gasteiger partial charge on any atom is -0.456 e. The van der Waals surface area contributed by atoms with Crippen LogP contribution in [0.4, 0.5) is 5.82 Å². The van der Waals surface area contributed by atoms with Crippen LogP contribution in [0.2, 0.25) is 10.0 Å². The van der Waals surface area contributed by atoms with Gasteiger partial charge in [0.15, 0.2) is 0 Å². The fourth-order valence-corrected chi connectivity index (χ4v) is 5.16. The third kappa shape index (κ3) is 4.35. The zero-order valence-electron chi connectivity index (χ0n) is 18.5. The van der Waals surface area contributed by atoms with Gasteiger partial charge in [-0.3, -0.25) is 9.98 Å². The molecule has 8 heteroatoms. The van der Waals surface area contributed by atoms with Gasteiger partial charge >= 0.3 is 0 Å². The van der Waals surface area contributed by atoms with Crippen molar-refractivity contribution in [2.45, 2.75) is 26.2 Å². The van der Waals surface area contributed by atoms with Crippen molar-refractivity contribution < 1.29 is 9.47 Å². The maximum atomic E-state index is 8.71. The van der Waals surface area contributed by atoms with Gasteiger partial charge in [-0.1, -0.05) is 41.4 Å². The maximum absolute atomic E-state index is 8.71. The molecule has 2 fully saturated rings. The number of aromatic nitrogens is 2. The van der Waals surface area contributed by atoms with Crippen molar-refractivity contribution >= 4 is 29.0 Å². The van der Waals surface area contributed by atoms with Gasteiger partial charge in [0.05, 0.1) is 17.3 Å². The zero-order chi connectivity index (χ0) is 23.0. The Kier molecular flexibility index (Phi) is 6.08. The van der Waals surface area contributed by atoms with Gasteiger partial charge in [0.25, 0.3) is 0 Å². The molecule has 1 aromatic heterocycles. The first kappa shape index (κ1) is 22.3. The highest BCUT2D eigenvalue weighted by Crippen LogP contribution is 2.40. The fraction of sp³-hybridized carbons (Fsp3) is 0.360. The Morgan fingerprint density at radius 1 is 1.03 bits per heavy atom. The molecule has 0 unspecified atom stereocenters. The number of rotatable bonds is 4. The van der Waals surface area contributed by atoms with Crippen LogP contribution in [-0.2, 0) is 4.74 Å². The number of piperidine rings is 1. The minimum absolute atomic E-state index is 0.300. The molecule has 0 bridgehead atoms. The molecule has 0 radical (unpaired) electrons. The number of halogens is 2. The van der Waals surface area contributed by atoms with Crippen LogP contribution >= 0.6 is 23.2 Å². The van der Waals surface area contributed by atoms with E-state index in [0.717, 1.165) is 51.4 Å². The van der Waals surface area contributed by atoms with E-state index in [1.54, 1.807) is 16.7 Å². The summed E-state index contributed by atoms with van der Waals surface area (Å²) in [7, 11) is 0. The third-order valence-corrected chi connectivity index (χ3v) is 7.53. The molecule has 1 spiro atoms. The van der Waals surface area contributed by atoms with Crippen molar-refractivity contribution in [1.29, 1.82) is 5.41 Å². The molecule has 1 N–H and O–H groups in total. The second-order valence-corrected chi connectivity index (χ2v) is 9.55. The molecule has 2 aromatic carbocycles. The van der Waals surface area contributed by atoms with E-state index in [0.29, 0.717) is 44.0 Å². The van der Waals surface area contributed by atoms with Crippen LogP contribution < -0.4 is 15.1 Å². The summed E-state index contributed by atoms with van der Waals surface area (Å²) in [5, 5.41) is 9.33. The van der Waals surface area contributed by atoms with E-state index in [-0.39, 0.29) is 0 Å². The highest BCUT2D eigenvalue weighted by Gasteiger charge is 2.38. The van der Waals surface area contributed by atoms with Crippen LogP contribution in [0, 0.1) is 17.7 Å². The summed E-state index contributed by atoms with van der Waals surface area (Å²) in [5.74, 6) is 2.64. The number of benzene rings is 2. The Hall–Kier alpha value is -2.54. The molecule has 172 valence electrons. The molecule has 2 aliphatic rings. The Morgan fingerprint density at radius 3 is 2.45 bits per heavy atom. The van der Waals surface area contributed by atoms with Gasteiger partial charge in [-0.05, 0) is 55.9 Å². The van der Waals surface area contributed by atoms with Crippen LogP contribution in [0.5, 0.6) is 11.5 Å². The molecule has 0 atom stereocenters. The summed E-state index contributed by atoms with van der Waals surface area (Å²) in [6, 6.07) is 14.8. The highest BCUT2D eigenvalue weighted by atomic mass is 35.5. The van der Waals surface area contributed by atoms with Crippen molar-refractivity contribution in [3.63, 3.8) is 0 Å². The number of hydrogen-bond donors (Lipinski definition) is 1. The average Bonchev–Trinajstić information content (AvgIpc) is 3.27. The second-order valence-electron chi connectivity index (χ2n) is 8.80. The van der Waals surface area contributed by atoms with Gasteiger partial charge in [0.2, 0.25) is 0 Å². The van der Waals surface area contributed by atoms with E-state index in [1.165, 1.54) is 0 Å². The maximum Gasteiger partial charge on any atom is 0.147 e. The van der Waals surface area contributed by atoms with Crippen LogP contribution in [0.25, 0.3) is 5.69 Å². The van der Waals surface area contributed by atoms with Crippen LogP contribution in [0.1, 0.15) is 25.1 Å². The third-order valence-electron chi connectivity index (χ3n) is 6.68. The Bertz CT molecular complexity index is 1210. The molecule has 33 heavy (non-hydrogen) atoms. The summed E-state index contributed by atoms with van der Waals surface area (Å²) in [6.07, 6.45) is 3.34. The van der Waals surface area contributed by atoms with Gasteiger partial charge in [0, 0.05) is 25.8 Å². The minimum atomic E-state index is 0.300. The summed E-state index contributed by atoms with van der Waals surface area (Å²) < 4.78 is 13.2. The van der Waals surface area contributed by atoms with Crippen LogP contribution in [-0.4, -0.2) is 35.9 Å². The molecule has 2 aliphatic heterocycles. The largest absolute Gasteiger partial charge is 0.456 e. The standard InChI is InChI=1S/C25H26Cl2N4O2/c1-17-29-22(30-12-9-25(10-13-30)11-14-32-16-25)15-21(28)31(17)19-7-8-20(24(27)23(19)26)33-18-5-3-2-4-6-18/h2-8,15,28H,9-14,16H2,1H3. The SMILES string of the molecule is Cc1nc(N2CCC3(CCOC3)CC2)cc(=N)n1-c1ccc(Oc2ccccc2)c(Cl)c1Cl. The number of nitrogens with one attached hydrogen (secondary N) is 1. The summed E-state index contributed by atoms with van der Waals surface area (Å²) in [4.78, 5) is 7.08. The first-order valence-electron chi connectivity index (χ1n) is 11.2. The van der Waals surface area contributed by atoms with E-state index in [1.807, 2.05) is 43.3 Å². The molecule has 2 saturated heterocycles. The first-order valence-corrected chi connectivity index (χ1v) is 11.9. The number of hydrogen-bond acceptors (Lipinski definition) is 5. The lowest BCUT2D eigenvalue weighted by Gasteiger charge is -2.39. The lowest BCUT2D eigenvalue weighted by Crippen LogP contribution is -2.41. The van der Waals surface area contributed by atoms with E-state index in [2.05, 4.69) is 4.90 Å². The monoisotopic (exact) mass is 484 g/mol. The van der Waals surface area contributed by atoms with Gasteiger partial charge in [-0.2, -0.15) is 0 Å². The fourth-order valence-electron chi connectivity index (χ4n) is 4.72. The molecule has 6 nitrogen and oxygen atoms in total. The second kappa shape index (κ2) is 9.01. The zero-order valence-corrected chi connectivity index (χ0v) is 20.0. The highest BCUT2D eigenvalue weighted by molar-refractivity contribution is 6.44. The molecule has 3 heterocycles. The molecule has 0 aliphatic carbocycles. The first-order chi connectivity index (χ1) is 16.0. The quantitative estimate of drug-likeness (QED) is 0.510. The average molecular weight is 485 g/mol. The van der Waals surface area contributed by atoms with E-state index < -0.39 is 0 Å². The normalized spacial score (nSPS) is 17.5. The molecular formula is C25H26Cl2N4O2. The molecule has 3 aromatic rings. The van der Waals surface area contributed by atoms with Crippen LogP contribution in [0.15, 0.2) is 48.5 Å². The van der Waals surface area contributed by atoms with Crippen molar-refractivity contribution in [1.82, 2.24) is 9.55 Å². The molecule has 0 saturated carbocycles. The Labute approximate surface area is 203 Å². The summed E-state index contributed by atoms with van der Waals surface area (Å²) >= 11 is 13.2. The van der Waals surface area contributed by atoms with E-state index >= 15 is 0 Å². The summed E-state index contributed by atoms with van der Waals surface area (Å²) in [6.45, 7) is 5.48. The van der Waals surface area contributed by atoms with E-state index in [4.69, 9.17) is 43.1 Å². The predicted octanol–water partition coefficient (Wildman–Crippen LogP) is 5.77. The van der Waals surface area contributed by atoms with E-state index in [9.17, 15) is 0 Å². The number of para-hydroxylation sites is 1. The van der Waals surface area contributed by atoms with Gasteiger partial charge < -0.3 is 14.4 Å². The molecule has 0 amide bonds.